The summed E-state index contributed by atoms with van der Waals surface area (Å²) in [6.07, 6.45) is 5.56. The van der Waals surface area contributed by atoms with E-state index in [2.05, 4.69) is 31.2 Å². The first-order valence-electron chi connectivity index (χ1n) is 4.69. The van der Waals surface area contributed by atoms with Crippen LogP contribution in [0.3, 0.4) is 0 Å². The third-order valence-electron chi connectivity index (χ3n) is 2.20. The van der Waals surface area contributed by atoms with Crippen LogP contribution in [0.2, 0.25) is 0 Å². The van der Waals surface area contributed by atoms with Crippen LogP contribution in [0, 0.1) is 0 Å². The van der Waals surface area contributed by atoms with Gasteiger partial charge in [0.2, 0.25) is 5.88 Å². The van der Waals surface area contributed by atoms with Crippen molar-refractivity contribution < 1.29 is 4.74 Å². The van der Waals surface area contributed by atoms with Crippen molar-refractivity contribution in [2.75, 3.05) is 13.1 Å². The highest BCUT2D eigenvalue weighted by Crippen LogP contribution is 2.22. The summed E-state index contributed by atoms with van der Waals surface area (Å²) in [5.41, 5.74) is 0. The van der Waals surface area contributed by atoms with Gasteiger partial charge in [0.05, 0.1) is 4.47 Å². The maximum atomic E-state index is 5.75. The summed E-state index contributed by atoms with van der Waals surface area (Å²) in [4.78, 5) is 7.96. The molecule has 0 amide bonds. The van der Waals surface area contributed by atoms with Gasteiger partial charge in [0.25, 0.3) is 0 Å². The standard InChI is InChI=1S/C9H12BrN3O/c10-8-5-12-6-13-9(8)14-7-1-3-11-4-2-7/h5-7,11H,1-4H2. The second-order valence-corrected chi connectivity index (χ2v) is 4.10. The van der Waals surface area contributed by atoms with E-state index in [1.54, 1.807) is 6.20 Å². The molecule has 0 spiro atoms. The van der Waals surface area contributed by atoms with Gasteiger partial charge in [-0.25, -0.2) is 9.97 Å². The van der Waals surface area contributed by atoms with Crippen molar-refractivity contribution in [3.8, 4) is 5.88 Å². The SMILES string of the molecule is Brc1cncnc1OC1CCNCC1. The van der Waals surface area contributed by atoms with E-state index in [-0.39, 0.29) is 6.10 Å². The summed E-state index contributed by atoms with van der Waals surface area (Å²) in [5, 5.41) is 3.29. The molecule has 0 bridgehead atoms. The quantitative estimate of drug-likeness (QED) is 0.870. The summed E-state index contributed by atoms with van der Waals surface area (Å²) in [5.74, 6) is 0.645. The number of rotatable bonds is 2. The number of halogens is 1. The van der Waals surface area contributed by atoms with Crippen LogP contribution in [0.5, 0.6) is 5.88 Å². The lowest BCUT2D eigenvalue weighted by atomic mass is 10.1. The molecular weight excluding hydrogens is 246 g/mol. The van der Waals surface area contributed by atoms with Crippen LogP contribution >= 0.6 is 15.9 Å². The topological polar surface area (TPSA) is 47.0 Å². The third kappa shape index (κ3) is 2.42. The van der Waals surface area contributed by atoms with Gasteiger partial charge in [0.1, 0.15) is 12.4 Å². The lowest BCUT2D eigenvalue weighted by molar-refractivity contribution is 0.154. The fraction of sp³-hybridized carbons (Fsp3) is 0.556. The molecule has 1 aromatic rings. The van der Waals surface area contributed by atoms with Crippen molar-refractivity contribution >= 4 is 15.9 Å². The van der Waals surface area contributed by atoms with Crippen LogP contribution in [0.1, 0.15) is 12.8 Å². The summed E-state index contributed by atoms with van der Waals surface area (Å²) >= 11 is 3.36. The Morgan fingerprint density at radius 3 is 2.93 bits per heavy atom. The van der Waals surface area contributed by atoms with E-state index in [1.165, 1.54) is 6.33 Å². The average molecular weight is 258 g/mol. The number of hydrogen-bond donors (Lipinski definition) is 1. The fourth-order valence-corrected chi connectivity index (χ4v) is 1.77. The molecule has 1 fully saturated rings. The Morgan fingerprint density at radius 2 is 2.21 bits per heavy atom. The monoisotopic (exact) mass is 257 g/mol. The van der Waals surface area contributed by atoms with Crippen molar-refractivity contribution in [2.45, 2.75) is 18.9 Å². The third-order valence-corrected chi connectivity index (χ3v) is 2.74. The first kappa shape index (κ1) is 9.86. The maximum absolute atomic E-state index is 5.75. The highest BCUT2D eigenvalue weighted by Gasteiger charge is 2.16. The lowest BCUT2D eigenvalue weighted by Gasteiger charge is -2.23. The molecule has 1 saturated heterocycles. The Morgan fingerprint density at radius 1 is 1.43 bits per heavy atom. The summed E-state index contributed by atoms with van der Waals surface area (Å²) in [7, 11) is 0. The van der Waals surface area contributed by atoms with Crippen LogP contribution in [-0.2, 0) is 0 Å². The zero-order valence-electron chi connectivity index (χ0n) is 7.74. The number of aromatic nitrogens is 2. The van der Waals surface area contributed by atoms with Gasteiger partial charge in [0.15, 0.2) is 0 Å². The lowest BCUT2D eigenvalue weighted by Crippen LogP contribution is -2.34. The summed E-state index contributed by atoms with van der Waals surface area (Å²) in [6, 6.07) is 0. The molecule has 0 unspecified atom stereocenters. The zero-order chi connectivity index (χ0) is 9.80. The Balaban J connectivity index is 1.99. The molecule has 0 saturated carbocycles. The van der Waals surface area contributed by atoms with E-state index in [0.29, 0.717) is 5.88 Å². The highest BCUT2D eigenvalue weighted by atomic mass is 79.9. The van der Waals surface area contributed by atoms with Crippen molar-refractivity contribution in [3.63, 3.8) is 0 Å². The Bertz CT molecular complexity index is 302. The van der Waals surface area contributed by atoms with E-state index < -0.39 is 0 Å². The van der Waals surface area contributed by atoms with E-state index in [4.69, 9.17) is 4.74 Å². The summed E-state index contributed by atoms with van der Waals surface area (Å²) in [6.45, 7) is 2.04. The molecule has 1 aliphatic heterocycles. The molecule has 0 atom stereocenters. The van der Waals surface area contributed by atoms with Crippen LogP contribution in [-0.4, -0.2) is 29.2 Å². The van der Waals surface area contributed by atoms with Gasteiger partial charge in [-0.05, 0) is 41.9 Å². The minimum absolute atomic E-state index is 0.280. The van der Waals surface area contributed by atoms with E-state index in [9.17, 15) is 0 Å². The average Bonchev–Trinajstić information content (AvgIpc) is 2.23. The smallest absolute Gasteiger partial charge is 0.231 e. The van der Waals surface area contributed by atoms with Crippen molar-refractivity contribution in [3.05, 3.63) is 17.0 Å². The van der Waals surface area contributed by atoms with Gasteiger partial charge in [0, 0.05) is 6.20 Å². The molecule has 1 N–H and O–H groups in total. The molecule has 0 aliphatic carbocycles. The number of nitrogens with one attached hydrogen (secondary N) is 1. The minimum atomic E-state index is 0.280. The normalized spacial score (nSPS) is 18.1. The van der Waals surface area contributed by atoms with E-state index in [1.807, 2.05) is 0 Å². The molecule has 1 aliphatic rings. The first-order chi connectivity index (χ1) is 6.86. The van der Waals surface area contributed by atoms with Gasteiger partial charge < -0.3 is 10.1 Å². The molecule has 2 heterocycles. The maximum Gasteiger partial charge on any atom is 0.231 e. The minimum Gasteiger partial charge on any atom is -0.473 e. The molecule has 14 heavy (non-hydrogen) atoms. The van der Waals surface area contributed by atoms with Gasteiger partial charge in [-0.2, -0.15) is 0 Å². The molecule has 76 valence electrons. The molecular formula is C9H12BrN3O. The fourth-order valence-electron chi connectivity index (χ4n) is 1.46. The zero-order valence-corrected chi connectivity index (χ0v) is 9.33. The first-order valence-corrected chi connectivity index (χ1v) is 5.48. The molecule has 0 aromatic carbocycles. The number of nitrogens with zero attached hydrogens (tertiary/aromatic N) is 2. The number of hydrogen-bond acceptors (Lipinski definition) is 4. The molecule has 5 heteroatoms. The van der Waals surface area contributed by atoms with Gasteiger partial charge in [-0.3, -0.25) is 0 Å². The van der Waals surface area contributed by atoms with Crippen LogP contribution in [0.4, 0.5) is 0 Å². The van der Waals surface area contributed by atoms with Crippen LogP contribution < -0.4 is 10.1 Å². The Hall–Kier alpha value is -0.680. The largest absolute Gasteiger partial charge is 0.473 e. The Labute approximate surface area is 91.2 Å². The van der Waals surface area contributed by atoms with Crippen LogP contribution in [0.25, 0.3) is 0 Å². The van der Waals surface area contributed by atoms with Crippen molar-refractivity contribution in [1.82, 2.24) is 15.3 Å². The van der Waals surface area contributed by atoms with Crippen LogP contribution in [0.15, 0.2) is 17.0 Å². The molecule has 4 nitrogen and oxygen atoms in total. The number of piperidine rings is 1. The molecule has 1 aromatic heterocycles. The van der Waals surface area contributed by atoms with Crippen molar-refractivity contribution in [1.29, 1.82) is 0 Å². The summed E-state index contributed by atoms with van der Waals surface area (Å²) < 4.78 is 6.57. The predicted octanol–water partition coefficient (Wildman–Crippen LogP) is 1.37. The Kier molecular flexibility index (Phi) is 3.31. The second-order valence-electron chi connectivity index (χ2n) is 3.24. The van der Waals surface area contributed by atoms with Crippen molar-refractivity contribution in [2.24, 2.45) is 0 Å². The van der Waals surface area contributed by atoms with E-state index in [0.717, 1.165) is 30.4 Å². The van der Waals surface area contributed by atoms with Gasteiger partial charge in [-0.15, -0.1) is 0 Å². The number of ether oxygens (including phenoxy) is 1. The predicted molar refractivity (Wildman–Crippen MR) is 56.3 cm³/mol. The molecule has 0 radical (unpaired) electrons. The second kappa shape index (κ2) is 4.70. The van der Waals surface area contributed by atoms with Gasteiger partial charge in [-0.1, -0.05) is 0 Å². The van der Waals surface area contributed by atoms with E-state index >= 15 is 0 Å². The molecule has 2 rings (SSSR count). The van der Waals surface area contributed by atoms with Gasteiger partial charge >= 0.3 is 0 Å². The highest BCUT2D eigenvalue weighted by molar-refractivity contribution is 9.10.